The van der Waals surface area contributed by atoms with E-state index in [9.17, 15) is 4.79 Å². The molecular weight excluding hydrogens is 296 g/mol. The van der Waals surface area contributed by atoms with E-state index in [1.54, 1.807) is 30.3 Å². The molecule has 0 fully saturated rings. The summed E-state index contributed by atoms with van der Waals surface area (Å²) in [7, 11) is 4.57. The highest BCUT2D eigenvalue weighted by atomic mass is 16.5. The van der Waals surface area contributed by atoms with Gasteiger partial charge < -0.3 is 19.1 Å². The number of methoxy groups -OCH3 is 3. The van der Waals surface area contributed by atoms with Crippen LogP contribution in [0.15, 0.2) is 30.5 Å². The van der Waals surface area contributed by atoms with Crippen LogP contribution >= 0.6 is 0 Å². The van der Waals surface area contributed by atoms with E-state index in [1.165, 1.54) is 14.2 Å². The lowest BCUT2D eigenvalue weighted by atomic mass is 10.1. The van der Waals surface area contributed by atoms with Gasteiger partial charge in [-0.25, -0.2) is 0 Å². The average molecular weight is 314 g/mol. The molecule has 1 aliphatic rings. The number of amides is 1. The first kappa shape index (κ1) is 15.1. The Balaban J connectivity index is 1.95. The second kappa shape index (κ2) is 6.16. The van der Waals surface area contributed by atoms with Crippen LogP contribution in [0, 0.1) is 0 Å². The second-order valence-corrected chi connectivity index (χ2v) is 5.15. The molecule has 23 heavy (non-hydrogen) atoms. The Bertz CT molecular complexity index is 720. The minimum Gasteiger partial charge on any atom is -0.493 e. The molecule has 0 spiro atoms. The van der Waals surface area contributed by atoms with Crippen LogP contribution in [0.1, 0.15) is 21.6 Å². The Morgan fingerprint density at radius 3 is 2.48 bits per heavy atom. The molecule has 3 rings (SSSR count). The van der Waals surface area contributed by atoms with Crippen molar-refractivity contribution in [2.75, 3.05) is 21.3 Å². The fourth-order valence-corrected chi connectivity index (χ4v) is 2.78. The Morgan fingerprint density at radius 2 is 1.83 bits per heavy atom. The molecule has 0 unspecified atom stereocenters. The number of nitrogens with zero attached hydrogens (tertiary/aromatic N) is 2. The molecule has 0 saturated carbocycles. The lowest BCUT2D eigenvalue weighted by Gasteiger charge is -2.19. The van der Waals surface area contributed by atoms with Crippen LogP contribution < -0.4 is 14.2 Å². The molecule has 0 saturated heterocycles. The summed E-state index contributed by atoms with van der Waals surface area (Å²) in [6, 6.07) is 7.26. The van der Waals surface area contributed by atoms with Gasteiger partial charge in [-0.15, -0.1) is 0 Å². The first-order valence-electron chi connectivity index (χ1n) is 7.20. The van der Waals surface area contributed by atoms with Crippen molar-refractivity contribution in [1.82, 2.24) is 9.88 Å². The molecule has 0 atom stereocenters. The molecular formula is C17H18N2O4. The largest absolute Gasteiger partial charge is 0.493 e. The van der Waals surface area contributed by atoms with Gasteiger partial charge in [0.05, 0.1) is 39.1 Å². The van der Waals surface area contributed by atoms with Gasteiger partial charge in [-0.2, -0.15) is 0 Å². The van der Waals surface area contributed by atoms with Gasteiger partial charge in [-0.1, -0.05) is 6.07 Å². The fourth-order valence-electron chi connectivity index (χ4n) is 2.78. The third-order valence-corrected chi connectivity index (χ3v) is 3.91. The van der Waals surface area contributed by atoms with Gasteiger partial charge in [0, 0.05) is 12.7 Å². The third-order valence-electron chi connectivity index (χ3n) is 3.91. The number of pyridine rings is 1. The highest BCUT2D eigenvalue weighted by Gasteiger charge is 2.29. The van der Waals surface area contributed by atoms with Crippen molar-refractivity contribution in [3.8, 4) is 17.2 Å². The van der Waals surface area contributed by atoms with E-state index in [0.717, 1.165) is 11.3 Å². The first-order chi connectivity index (χ1) is 11.2. The summed E-state index contributed by atoms with van der Waals surface area (Å²) >= 11 is 0. The van der Waals surface area contributed by atoms with E-state index in [0.29, 0.717) is 35.9 Å². The number of carbonyl (C=O) groups excluding carboxylic acids is 1. The monoisotopic (exact) mass is 314 g/mol. The molecule has 0 N–H and O–H groups in total. The number of hydrogen-bond acceptors (Lipinski definition) is 5. The van der Waals surface area contributed by atoms with Crippen molar-refractivity contribution in [2.24, 2.45) is 0 Å². The van der Waals surface area contributed by atoms with Crippen molar-refractivity contribution < 1.29 is 19.0 Å². The molecule has 1 aromatic heterocycles. The Labute approximate surface area is 134 Å². The summed E-state index contributed by atoms with van der Waals surface area (Å²) in [5, 5.41) is 0. The van der Waals surface area contributed by atoms with Crippen LogP contribution in [0.2, 0.25) is 0 Å². The van der Waals surface area contributed by atoms with E-state index in [4.69, 9.17) is 14.2 Å². The average Bonchev–Trinajstić information content (AvgIpc) is 3.03. The van der Waals surface area contributed by atoms with Crippen LogP contribution in [-0.2, 0) is 13.1 Å². The topological polar surface area (TPSA) is 60.9 Å². The highest BCUT2D eigenvalue weighted by Crippen LogP contribution is 2.40. The van der Waals surface area contributed by atoms with Crippen molar-refractivity contribution >= 4 is 5.91 Å². The molecule has 1 amide bonds. The lowest BCUT2D eigenvalue weighted by molar-refractivity contribution is 0.0746. The van der Waals surface area contributed by atoms with Crippen molar-refractivity contribution in [1.29, 1.82) is 0 Å². The van der Waals surface area contributed by atoms with E-state index < -0.39 is 0 Å². The van der Waals surface area contributed by atoms with Crippen LogP contribution in [0.4, 0.5) is 0 Å². The molecule has 0 bridgehead atoms. The molecule has 0 radical (unpaired) electrons. The molecule has 2 heterocycles. The van der Waals surface area contributed by atoms with Gasteiger partial charge in [0.1, 0.15) is 0 Å². The molecule has 120 valence electrons. The van der Waals surface area contributed by atoms with Gasteiger partial charge in [0.25, 0.3) is 5.91 Å². The van der Waals surface area contributed by atoms with Crippen molar-refractivity contribution in [3.63, 3.8) is 0 Å². The maximum absolute atomic E-state index is 12.9. The number of hydrogen-bond donors (Lipinski definition) is 0. The number of fused-ring (bicyclic) bond motifs is 1. The molecule has 2 aromatic rings. The van der Waals surface area contributed by atoms with Crippen LogP contribution in [-0.4, -0.2) is 37.1 Å². The number of benzene rings is 1. The van der Waals surface area contributed by atoms with Gasteiger partial charge in [0.15, 0.2) is 11.5 Å². The normalized spacial score (nSPS) is 12.7. The zero-order valence-corrected chi connectivity index (χ0v) is 13.3. The number of carbonyl (C=O) groups is 1. The zero-order chi connectivity index (χ0) is 16.4. The maximum Gasteiger partial charge on any atom is 0.258 e. The van der Waals surface area contributed by atoms with Gasteiger partial charge in [0.2, 0.25) is 5.75 Å². The minimum absolute atomic E-state index is 0.124. The van der Waals surface area contributed by atoms with Crippen LogP contribution in [0.25, 0.3) is 0 Å². The summed E-state index contributed by atoms with van der Waals surface area (Å²) in [5.74, 6) is 1.18. The molecule has 6 heteroatoms. The van der Waals surface area contributed by atoms with E-state index >= 15 is 0 Å². The fraction of sp³-hybridized carbons (Fsp3) is 0.294. The molecule has 1 aromatic carbocycles. The smallest absolute Gasteiger partial charge is 0.258 e. The van der Waals surface area contributed by atoms with Gasteiger partial charge in [-0.3, -0.25) is 9.78 Å². The number of ether oxygens (including phenoxy) is 3. The summed E-state index contributed by atoms with van der Waals surface area (Å²) in [4.78, 5) is 18.9. The summed E-state index contributed by atoms with van der Waals surface area (Å²) in [6.07, 6.45) is 1.74. The summed E-state index contributed by atoms with van der Waals surface area (Å²) in [6.45, 7) is 1.03. The maximum atomic E-state index is 12.9. The number of aromatic nitrogens is 1. The predicted octanol–water partition coefficient (Wildman–Crippen LogP) is 2.26. The zero-order valence-electron chi connectivity index (χ0n) is 13.3. The first-order valence-corrected chi connectivity index (χ1v) is 7.20. The quantitative estimate of drug-likeness (QED) is 0.866. The summed E-state index contributed by atoms with van der Waals surface area (Å²) in [5.41, 5.74) is 2.44. The van der Waals surface area contributed by atoms with Crippen molar-refractivity contribution in [3.05, 3.63) is 47.3 Å². The van der Waals surface area contributed by atoms with Crippen LogP contribution in [0.5, 0.6) is 17.2 Å². The Morgan fingerprint density at radius 1 is 1.04 bits per heavy atom. The predicted molar refractivity (Wildman–Crippen MR) is 83.9 cm³/mol. The summed E-state index contributed by atoms with van der Waals surface area (Å²) < 4.78 is 16.0. The standard InChI is InChI=1S/C17H18N2O4/c1-21-14-7-6-12(15(22-2)16(14)23-3)17(20)19-9-11-5-4-8-18-13(11)10-19/h4-8H,9-10H2,1-3H3. The van der Waals surface area contributed by atoms with E-state index in [2.05, 4.69) is 4.98 Å². The SMILES string of the molecule is COc1ccc(C(=O)N2Cc3cccnc3C2)c(OC)c1OC. The second-order valence-electron chi connectivity index (χ2n) is 5.15. The Hall–Kier alpha value is -2.76. The highest BCUT2D eigenvalue weighted by molar-refractivity contribution is 5.98. The third kappa shape index (κ3) is 2.56. The lowest BCUT2D eigenvalue weighted by Crippen LogP contribution is -2.26. The van der Waals surface area contributed by atoms with E-state index in [1.807, 2.05) is 12.1 Å². The van der Waals surface area contributed by atoms with Crippen LogP contribution in [0.3, 0.4) is 0 Å². The molecule has 0 aliphatic carbocycles. The minimum atomic E-state index is -0.124. The molecule has 6 nitrogen and oxygen atoms in total. The van der Waals surface area contributed by atoms with Gasteiger partial charge in [-0.05, 0) is 23.8 Å². The van der Waals surface area contributed by atoms with Crippen molar-refractivity contribution in [2.45, 2.75) is 13.1 Å². The van der Waals surface area contributed by atoms with E-state index in [-0.39, 0.29) is 5.91 Å². The Kier molecular flexibility index (Phi) is 4.06. The number of rotatable bonds is 4. The van der Waals surface area contributed by atoms with Gasteiger partial charge >= 0.3 is 0 Å². The molecule has 1 aliphatic heterocycles.